The minimum Gasteiger partial charge on any atom is -0.315 e. The highest BCUT2D eigenvalue weighted by atomic mass is 15.0. The highest BCUT2D eigenvalue weighted by Crippen LogP contribution is 1.75. The molecule has 2 N–H and O–H groups in total. The highest BCUT2D eigenvalue weighted by Gasteiger charge is 1.92. The van der Waals surface area contributed by atoms with Crippen molar-refractivity contribution >= 4 is 0 Å². The van der Waals surface area contributed by atoms with Crippen LogP contribution in [0.5, 0.6) is 0 Å². The summed E-state index contributed by atoms with van der Waals surface area (Å²) in [5, 5.41) is 6.57. The Hall–Kier alpha value is -0.0800. The van der Waals surface area contributed by atoms with Gasteiger partial charge in [0.25, 0.3) is 0 Å². The fourth-order valence-corrected chi connectivity index (χ4v) is 0.765. The molecule has 1 aliphatic rings. The van der Waals surface area contributed by atoms with Crippen LogP contribution in [-0.2, 0) is 0 Å². The van der Waals surface area contributed by atoms with Gasteiger partial charge in [-0.05, 0) is 19.5 Å². The van der Waals surface area contributed by atoms with Crippen LogP contribution in [0.15, 0.2) is 0 Å². The Kier molecular flexibility index (Phi) is 8.85. The molecule has 1 heterocycles. The Morgan fingerprint density at radius 1 is 0.900 bits per heavy atom. The summed E-state index contributed by atoms with van der Waals surface area (Å²) in [6.07, 6.45) is 2.53. The molecule has 2 nitrogen and oxygen atoms in total. The van der Waals surface area contributed by atoms with E-state index < -0.39 is 0 Å². The molecule has 0 unspecified atom stereocenters. The van der Waals surface area contributed by atoms with E-state index in [1.807, 2.05) is 0 Å². The normalized spacial score (nSPS) is 18.6. The van der Waals surface area contributed by atoms with Crippen LogP contribution in [0.1, 0.15) is 26.7 Å². The summed E-state index contributed by atoms with van der Waals surface area (Å²) in [5.74, 6) is 0. The van der Waals surface area contributed by atoms with Crippen molar-refractivity contribution in [1.29, 1.82) is 0 Å². The van der Waals surface area contributed by atoms with E-state index in [0.29, 0.717) is 0 Å². The molecule has 10 heavy (non-hydrogen) atoms. The van der Waals surface area contributed by atoms with Gasteiger partial charge in [-0.3, -0.25) is 0 Å². The van der Waals surface area contributed by atoms with Gasteiger partial charge in [0.2, 0.25) is 0 Å². The van der Waals surface area contributed by atoms with Gasteiger partial charge in [-0.15, -0.1) is 0 Å². The van der Waals surface area contributed by atoms with Crippen LogP contribution in [0.3, 0.4) is 0 Å². The molecule has 0 atom stereocenters. The molecular weight excluding hydrogens is 124 g/mol. The Labute approximate surface area is 64.4 Å². The number of hydrogen-bond donors (Lipinski definition) is 2. The van der Waals surface area contributed by atoms with Crippen LogP contribution in [-0.4, -0.2) is 26.2 Å². The van der Waals surface area contributed by atoms with Crippen molar-refractivity contribution in [2.45, 2.75) is 26.7 Å². The van der Waals surface area contributed by atoms with Crippen molar-refractivity contribution in [3.63, 3.8) is 0 Å². The molecule has 1 fully saturated rings. The first-order valence-electron chi connectivity index (χ1n) is 4.33. The first-order valence-corrected chi connectivity index (χ1v) is 4.33. The Morgan fingerprint density at radius 3 is 1.70 bits per heavy atom. The van der Waals surface area contributed by atoms with E-state index in [4.69, 9.17) is 0 Å². The molecule has 0 bridgehead atoms. The lowest BCUT2D eigenvalue weighted by atomic mass is 10.4. The smallest absolute Gasteiger partial charge is 0.00767 e. The van der Waals surface area contributed by atoms with Crippen molar-refractivity contribution in [2.75, 3.05) is 26.2 Å². The minimum absolute atomic E-state index is 1.14. The van der Waals surface area contributed by atoms with E-state index in [-0.39, 0.29) is 0 Å². The SMILES string of the molecule is C1CNCCNC1.CCC. The van der Waals surface area contributed by atoms with Crippen LogP contribution in [0.25, 0.3) is 0 Å². The largest absolute Gasteiger partial charge is 0.315 e. The summed E-state index contributed by atoms with van der Waals surface area (Å²) in [6.45, 7) is 8.90. The van der Waals surface area contributed by atoms with E-state index in [1.165, 1.54) is 25.9 Å². The Balaban J connectivity index is 0.000000236. The molecule has 1 rings (SSSR count). The molecule has 0 aromatic carbocycles. The first kappa shape index (κ1) is 9.92. The van der Waals surface area contributed by atoms with Gasteiger partial charge in [-0.2, -0.15) is 0 Å². The summed E-state index contributed by atoms with van der Waals surface area (Å²) in [6, 6.07) is 0. The van der Waals surface area contributed by atoms with Gasteiger partial charge in [0.15, 0.2) is 0 Å². The minimum atomic E-state index is 1.14. The average molecular weight is 144 g/mol. The Bertz CT molecular complexity index is 35.6. The van der Waals surface area contributed by atoms with Crippen LogP contribution in [0, 0.1) is 0 Å². The van der Waals surface area contributed by atoms with Gasteiger partial charge in [-0.25, -0.2) is 0 Å². The lowest BCUT2D eigenvalue weighted by molar-refractivity contribution is 0.718. The van der Waals surface area contributed by atoms with E-state index >= 15 is 0 Å². The van der Waals surface area contributed by atoms with Crippen molar-refractivity contribution in [3.8, 4) is 0 Å². The third kappa shape index (κ3) is 7.92. The fraction of sp³-hybridized carbons (Fsp3) is 1.00. The van der Waals surface area contributed by atoms with E-state index in [1.54, 1.807) is 0 Å². The maximum absolute atomic E-state index is 3.28. The maximum Gasteiger partial charge on any atom is 0.00767 e. The third-order valence-electron chi connectivity index (χ3n) is 1.19. The van der Waals surface area contributed by atoms with Crippen LogP contribution in [0.4, 0.5) is 0 Å². The Morgan fingerprint density at radius 2 is 1.30 bits per heavy atom. The van der Waals surface area contributed by atoms with Crippen LogP contribution in [0.2, 0.25) is 0 Å². The first-order chi connectivity index (χ1) is 4.91. The molecule has 1 aliphatic heterocycles. The quantitative estimate of drug-likeness (QED) is 0.529. The summed E-state index contributed by atoms with van der Waals surface area (Å²) in [5.41, 5.74) is 0. The molecular formula is C8H20N2. The monoisotopic (exact) mass is 144 g/mol. The molecule has 2 heteroatoms. The zero-order valence-corrected chi connectivity index (χ0v) is 7.24. The second-order valence-corrected chi connectivity index (χ2v) is 2.56. The number of hydrogen-bond acceptors (Lipinski definition) is 2. The summed E-state index contributed by atoms with van der Waals surface area (Å²) >= 11 is 0. The summed E-state index contributed by atoms with van der Waals surface area (Å²) in [7, 11) is 0. The van der Waals surface area contributed by atoms with E-state index in [2.05, 4.69) is 24.5 Å². The lowest BCUT2D eigenvalue weighted by Gasteiger charge is -1.92. The van der Waals surface area contributed by atoms with Crippen molar-refractivity contribution in [2.24, 2.45) is 0 Å². The standard InChI is InChI=1S/C5H12N2.C3H8/c1-2-6-4-5-7-3-1;1-3-2/h6-7H,1-5H2;3H2,1-2H3. The molecule has 62 valence electrons. The van der Waals surface area contributed by atoms with Crippen molar-refractivity contribution in [1.82, 2.24) is 10.6 Å². The topological polar surface area (TPSA) is 24.1 Å². The zero-order chi connectivity index (χ0) is 7.66. The highest BCUT2D eigenvalue weighted by molar-refractivity contribution is 4.57. The third-order valence-corrected chi connectivity index (χ3v) is 1.19. The van der Waals surface area contributed by atoms with Gasteiger partial charge in [0, 0.05) is 13.1 Å². The lowest BCUT2D eigenvalue weighted by Crippen LogP contribution is -2.21. The molecule has 0 saturated carbocycles. The molecule has 0 radical (unpaired) electrons. The number of nitrogens with one attached hydrogen (secondary N) is 2. The second kappa shape index (κ2) is 8.92. The van der Waals surface area contributed by atoms with Gasteiger partial charge in [0.1, 0.15) is 0 Å². The number of rotatable bonds is 0. The second-order valence-electron chi connectivity index (χ2n) is 2.56. The molecule has 0 spiro atoms. The average Bonchev–Trinajstić information content (AvgIpc) is 2.17. The predicted molar refractivity (Wildman–Crippen MR) is 46.3 cm³/mol. The van der Waals surface area contributed by atoms with Crippen LogP contribution >= 0.6 is 0 Å². The zero-order valence-electron chi connectivity index (χ0n) is 7.24. The molecule has 0 aromatic heterocycles. The molecule has 0 amide bonds. The van der Waals surface area contributed by atoms with Crippen molar-refractivity contribution in [3.05, 3.63) is 0 Å². The van der Waals surface area contributed by atoms with Crippen molar-refractivity contribution < 1.29 is 0 Å². The van der Waals surface area contributed by atoms with Gasteiger partial charge >= 0.3 is 0 Å². The summed E-state index contributed by atoms with van der Waals surface area (Å²) in [4.78, 5) is 0. The van der Waals surface area contributed by atoms with Gasteiger partial charge < -0.3 is 10.6 Å². The fourth-order valence-electron chi connectivity index (χ4n) is 0.765. The summed E-state index contributed by atoms with van der Waals surface area (Å²) < 4.78 is 0. The molecule has 0 aliphatic carbocycles. The molecule has 1 saturated heterocycles. The molecule has 0 aromatic rings. The maximum atomic E-state index is 3.28. The van der Waals surface area contributed by atoms with Crippen LogP contribution < -0.4 is 10.6 Å². The van der Waals surface area contributed by atoms with E-state index in [9.17, 15) is 0 Å². The van der Waals surface area contributed by atoms with Gasteiger partial charge in [0.05, 0.1) is 0 Å². The van der Waals surface area contributed by atoms with Gasteiger partial charge in [-0.1, -0.05) is 20.3 Å². The predicted octanol–water partition coefficient (Wildman–Crippen LogP) is 0.986. The van der Waals surface area contributed by atoms with E-state index in [0.717, 1.165) is 13.1 Å².